The predicted molar refractivity (Wildman–Crippen MR) is 59.1 cm³/mol. The summed E-state index contributed by atoms with van der Waals surface area (Å²) in [4.78, 5) is 25.1. The van der Waals surface area contributed by atoms with Crippen LogP contribution in [0.15, 0.2) is 0 Å². The molecule has 0 aromatic heterocycles. The van der Waals surface area contributed by atoms with Crippen LogP contribution in [0, 0.1) is 5.92 Å². The minimum absolute atomic E-state index is 0.191. The number of Topliss-reactive ketones (excluding diaryl/α,β-unsaturated/α-hetero) is 1. The summed E-state index contributed by atoms with van der Waals surface area (Å²) >= 11 is 0. The monoisotopic (exact) mass is 225 g/mol. The third-order valence-corrected chi connectivity index (χ3v) is 3.17. The van der Waals surface area contributed by atoms with Crippen LogP contribution in [-0.4, -0.2) is 35.0 Å². The number of likely N-dealkylation sites (tertiary alicyclic amines) is 1. The van der Waals surface area contributed by atoms with Crippen molar-refractivity contribution in [2.45, 2.75) is 51.7 Å². The number of carbonyl (C=O) groups is 2. The summed E-state index contributed by atoms with van der Waals surface area (Å²) in [6, 6.07) is -0.191. The Kier molecular flexibility index (Phi) is 2.68. The molecule has 1 saturated heterocycles. The third-order valence-electron chi connectivity index (χ3n) is 3.17. The highest BCUT2D eigenvalue weighted by molar-refractivity contribution is 5.90. The Morgan fingerprint density at radius 1 is 1.44 bits per heavy atom. The number of carbonyl (C=O) groups excluding carboxylic acids is 2. The second-order valence-corrected chi connectivity index (χ2v) is 5.70. The number of ether oxygens (including phenoxy) is 1. The van der Waals surface area contributed by atoms with Crippen LogP contribution >= 0.6 is 0 Å². The van der Waals surface area contributed by atoms with E-state index in [0.29, 0.717) is 18.9 Å². The van der Waals surface area contributed by atoms with Crippen LogP contribution in [-0.2, 0) is 9.53 Å². The van der Waals surface area contributed by atoms with Crippen molar-refractivity contribution in [1.82, 2.24) is 4.90 Å². The second kappa shape index (κ2) is 3.75. The first-order chi connectivity index (χ1) is 7.38. The predicted octanol–water partition coefficient (Wildman–Crippen LogP) is 1.97. The maximum atomic E-state index is 11.8. The molecule has 0 aromatic rings. The third kappa shape index (κ3) is 2.06. The number of fused-ring (bicyclic) bond motifs is 1. The molecular weight excluding hydrogens is 206 g/mol. The summed E-state index contributed by atoms with van der Waals surface area (Å²) < 4.78 is 5.27. The van der Waals surface area contributed by atoms with Gasteiger partial charge in [-0.3, -0.25) is 9.69 Å². The average Bonchev–Trinajstić information content (AvgIpc) is 2.04. The molecule has 2 unspecified atom stereocenters. The first-order valence-corrected chi connectivity index (χ1v) is 5.91. The van der Waals surface area contributed by atoms with Gasteiger partial charge in [0.1, 0.15) is 5.60 Å². The van der Waals surface area contributed by atoms with Gasteiger partial charge in [0.2, 0.25) is 0 Å². The quantitative estimate of drug-likeness (QED) is 0.633. The molecule has 4 nitrogen and oxygen atoms in total. The molecule has 2 fully saturated rings. The number of hydrogen-bond acceptors (Lipinski definition) is 3. The van der Waals surface area contributed by atoms with Gasteiger partial charge >= 0.3 is 6.09 Å². The van der Waals surface area contributed by atoms with Crippen LogP contribution in [0.25, 0.3) is 0 Å². The van der Waals surface area contributed by atoms with E-state index in [1.807, 2.05) is 20.8 Å². The van der Waals surface area contributed by atoms with Gasteiger partial charge < -0.3 is 4.74 Å². The fraction of sp³-hybridized carbons (Fsp3) is 0.833. The topological polar surface area (TPSA) is 46.6 Å². The fourth-order valence-corrected chi connectivity index (χ4v) is 2.46. The van der Waals surface area contributed by atoms with Gasteiger partial charge in [-0.1, -0.05) is 0 Å². The Morgan fingerprint density at radius 2 is 2.12 bits per heavy atom. The first-order valence-electron chi connectivity index (χ1n) is 5.91. The van der Waals surface area contributed by atoms with Crippen LogP contribution < -0.4 is 0 Å². The van der Waals surface area contributed by atoms with Gasteiger partial charge in [-0.15, -0.1) is 0 Å². The molecule has 2 rings (SSSR count). The smallest absolute Gasteiger partial charge is 0.410 e. The molecule has 0 bridgehead atoms. The van der Waals surface area contributed by atoms with E-state index in [4.69, 9.17) is 4.74 Å². The molecule has 0 aromatic carbocycles. The van der Waals surface area contributed by atoms with Crippen molar-refractivity contribution in [2.24, 2.45) is 5.92 Å². The van der Waals surface area contributed by atoms with Crippen LogP contribution in [0.2, 0.25) is 0 Å². The molecule has 0 radical (unpaired) electrons. The zero-order valence-corrected chi connectivity index (χ0v) is 10.2. The van der Waals surface area contributed by atoms with Gasteiger partial charge in [0, 0.05) is 18.9 Å². The largest absolute Gasteiger partial charge is 0.444 e. The van der Waals surface area contributed by atoms with E-state index in [1.54, 1.807) is 4.90 Å². The lowest BCUT2D eigenvalue weighted by Crippen LogP contribution is -2.64. The van der Waals surface area contributed by atoms with Gasteiger partial charge in [-0.25, -0.2) is 4.79 Å². The summed E-state index contributed by atoms with van der Waals surface area (Å²) in [5, 5.41) is 0. The summed E-state index contributed by atoms with van der Waals surface area (Å²) in [5.74, 6) is 0.585. The van der Waals surface area contributed by atoms with Crippen molar-refractivity contribution in [3.8, 4) is 0 Å². The minimum atomic E-state index is -0.486. The summed E-state index contributed by atoms with van der Waals surface area (Å²) in [6.07, 6.45) is 2.31. The Bertz CT molecular complexity index is 319. The molecule has 0 spiro atoms. The molecule has 1 amide bonds. The molecule has 2 aliphatic rings. The van der Waals surface area contributed by atoms with Crippen molar-refractivity contribution in [2.75, 3.05) is 6.54 Å². The normalized spacial score (nSPS) is 29.4. The maximum Gasteiger partial charge on any atom is 0.410 e. The van der Waals surface area contributed by atoms with E-state index in [2.05, 4.69) is 0 Å². The van der Waals surface area contributed by atoms with Crippen LogP contribution in [0.4, 0.5) is 4.79 Å². The summed E-state index contributed by atoms with van der Waals surface area (Å²) in [6.45, 7) is 6.20. The standard InChI is InChI=1S/C12H19NO3/c1-12(2,3)16-11(15)13-7-8-5-4-6-9(14)10(8)13/h8,10H,4-7H2,1-3H3. The van der Waals surface area contributed by atoms with Crippen molar-refractivity contribution in [1.29, 1.82) is 0 Å². The maximum absolute atomic E-state index is 11.8. The molecule has 2 atom stereocenters. The number of ketones is 1. The average molecular weight is 225 g/mol. The van der Waals surface area contributed by atoms with Gasteiger partial charge in [0.25, 0.3) is 0 Å². The molecule has 1 aliphatic heterocycles. The van der Waals surface area contributed by atoms with E-state index < -0.39 is 5.60 Å². The molecule has 90 valence electrons. The Balaban J connectivity index is 1.97. The van der Waals surface area contributed by atoms with E-state index in [-0.39, 0.29) is 17.9 Å². The lowest BCUT2D eigenvalue weighted by atomic mass is 9.76. The Labute approximate surface area is 95.9 Å². The lowest BCUT2D eigenvalue weighted by Gasteiger charge is -2.49. The van der Waals surface area contributed by atoms with Gasteiger partial charge in [0.05, 0.1) is 6.04 Å². The van der Waals surface area contributed by atoms with Crippen molar-refractivity contribution >= 4 is 11.9 Å². The SMILES string of the molecule is CC(C)(C)OC(=O)N1CC2CCCC(=O)C21. The van der Waals surface area contributed by atoms with Crippen molar-refractivity contribution in [3.63, 3.8) is 0 Å². The van der Waals surface area contributed by atoms with Gasteiger partial charge in [0.15, 0.2) is 5.78 Å². The fourth-order valence-electron chi connectivity index (χ4n) is 2.46. The molecular formula is C12H19NO3. The first kappa shape index (κ1) is 11.4. The molecule has 16 heavy (non-hydrogen) atoms. The van der Waals surface area contributed by atoms with E-state index in [9.17, 15) is 9.59 Å². The van der Waals surface area contributed by atoms with Crippen LogP contribution in [0.3, 0.4) is 0 Å². The number of rotatable bonds is 0. The molecule has 1 heterocycles. The summed E-state index contributed by atoms with van der Waals surface area (Å²) in [5.41, 5.74) is -0.486. The van der Waals surface area contributed by atoms with Gasteiger partial charge in [-0.2, -0.15) is 0 Å². The molecule has 1 aliphatic carbocycles. The molecule has 0 N–H and O–H groups in total. The zero-order valence-electron chi connectivity index (χ0n) is 10.2. The lowest BCUT2D eigenvalue weighted by molar-refractivity contribution is -0.136. The number of amides is 1. The molecule has 4 heteroatoms. The zero-order chi connectivity index (χ0) is 11.9. The highest BCUT2D eigenvalue weighted by Gasteiger charge is 2.48. The Morgan fingerprint density at radius 3 is 2.69 bits per heavy atom. The highest BCUT2D eigenvalue weighted by Crippen LogP contribution is 2.35. The van der Waals surface area contributed by atoms with Gasteiger partial charge in [-0.05, 0) is 33.6 Å². The minimum Gasteiger partial charge on any atom is -0.444 e. The Hall–Kier alpha value is -1.06. The van der Waals surface area contributed by atoms with Crippen molar-refractivity contribution < 1.29 is 14.3 Å². The second-order valence-electron chi connectivity index (χ2n) is 5.70. The summed E-state index contributed by atoms with van der Waals surface area (Å²) in [7, 11) is 0. The van der Waals surface area contributed by atoms with E-state index >= 15 is 0 Å². The van der Waals surface area contributed by atoms with E-state index in [0.717, 1.165) is 12.8 Å². The van der Waals surface area contributed by atoms with Crippen molar-refractivity contribution in [3.05, 3.63) is 0 Å². The van der Waals surface area contributed by atoms with Crippen LogP contribution in [0.1, 0.15) is 40.0 Å². The van der Waals surface area contributed by atoms with Crippen LogP contribution in [0.5, 0.6) is 0 Å². The number of nitrogens with zero attached hydrogens (tertiary/aromatic N) is 1. The van der Waals surface area contributed by atoms with E-state index in [1.165, 1.54) is 0 Å². The molecule has 1 saturated carbocycles. The number of hydrogen-bond donors (Lipinski definition) is 0. The highest BCUT2D eigenvalue weighted by atomic mass is 16.6.